The number of amides is 2. The molecule has 1 saturated carbocycles. The fourth-order valence-corrected chi connectivity index (χ4v) is 4.87. The highest BCUT2D eigenvalue weighted by molar-refractivity contribution is 5.92. The molecule has 0 bridgehead atoms. The number of ether oxygens (including phenoxy) is 1. The number of hydrogen-bond donors (Lipinski definition) is 2. The molecule has 2 aromatic carbocycles. The van der Waals surface area contributed by atoms with E-state index in [-0.39, 0.29) is 18.4 Å². The molecule has 2 amide bonds. The van der Waals surface area contributed by atoms with Gasteiger partial charge in [-0.1, -0.05) is 48.5 Å². The van der Waals surface area contributed by atoms with Crippen molar-refractivity contribution in [3.63, 3.8) is 0 Å². The molecule has 0 spiro atoms. The Morgan fingerprint density at radius 2 is 1.50 bits per heavy atom. The Morgan fingerprint density at radius 1 is 0.971 bits per heavy atom. The number of fused-ring (bicyclic) bond motifs is 3. The molecular weight excluding hydrogens is 432 g/mol. The van der Waals surface area contributed by atoms with Gasteiger partial charge < -0.3 is 20.1 Å². The van der Waals surface area contributed by atoms with Crippen LogP contribution in [0.15, 0.2) is 48.5 Å². The minimum Gasteiger partial charge on any atom is -0.480 e. The minimum atomic E-state index is -1.23. The first-order chi connectivity index (χ1) is 16.0. The number of nitrogens with one attached hydrogen (secondary N) is 1. The molecule has 1 atom stereocenters. The highest BCUT2D eigenvalue weighted by atomic mass is 16.5. The van der Waals surface area contributed by atoms with E-state index >= 15 is 0 Å². The topological polar surface area (TPSA) is 95.9 Å². The summed E-state index contributed by atoms with van der Waals surface area (Å²) in [6, 6.07) is 16.2. The molecule has 0 aromatic heterocycles. The van der Waals surface area contributed by atoms with Gasteiger partial charge in [0.25, 0.3) is 0 Å². The normalized spacial score (nSPS) is 16.7. The van der Waals surface area contributed by atoms with Gasteiger partial charge in [-0.15, -0.1) is 0 Å². The predicted octanol–water partition coefficient (Wildman–Crippen LogP) is 4.41. The van der Waals surface area contributed by atoms with Gasteiger partial charge in [-0.05, 0) is 68.7 Å². The number of rotatable bonds is 7. The summed E-state index contributed by atoms with van der Waals surface area (Å²) >= 11 is 0. The van der Waals surface area contributed by atoms with E-state index in [1.165, 1.54) is 4.90 Å². The molecule has 0 radical (unpaired) electrons. The van der Waals surface area contributed by atoms with Gasteiger partial charge in [0, 0.05) is 11.5 Å². The number of carboxylic acid groups (broad SMARTS) is 1. The van der Waals surface area contributed by atoms with Crippen LogP contribution in [0, 0.1) is 5.92 Å². The molecule has 2 aliphatic rings. The van der Waals surface area contributed by atoms with E-state index in [0.29, 0.717) is 0 Å². The minimum absolute atomic E-state index is 0.0564. The number of carbonyl (C=O) groups excluding carboxylic acids is 2. The van der Waals surface area contributed by atoms with Gasteiger partial charge in [-0.3, -0.25) is 9.59 Å². The molecule has 0 saturated heterocycles. The lowest BCUT2D eigenvalue weighted by molar-refractivity contribution is -0.152. The third kappa shape index (κ3) is 4.52. The number of carboxylic acids is 1. The molecule has 7 nitrogen and oxygen atoms in total. The van der Waals surface area contributed by atoms with Crippen molar-refractivity contribution in [3.8, 4) is 11.1 Å². The average Bonchev–Trinajstić information content (AvgIpc) is 3.59. The van der Waals surface area contributed by atoms with Crippen LogP contribution in [-0.2, 0) is 14.3 Å². The van der Waals surface area contributed by atoms with E-state index in [1.54, 1.807) is 27.7 Å². The lowest BCUT2D eigenvalue weighted by Crippen LogP contribution is -2.63. The van der Waals surface area contributed by atoms with Crippen LogP contribution in [-0.4, -0.2) is 52.2 Å². The third-order valence-electron chi connectivity index (χ3n) is 6.89. The first kappa shape index (κ1) is 23.8. The van der Waals surface area contributed by atoms with E-state index < -0.39 is 35.6 Å². The van der Waals surface area contributed by atoms with Crippen LogP contribution >= 0.6 is 0 Å². The van der Waals surface area contributed by atoms with Crippen LogP contribution in [0.1, 0.15) is 57.6 Å². The van der Waals surface area contributed by atoms with Crippen molar-refractivity contribution in [2.24, 2.45) is 5.92 Å². The van der Waals surface area contributed by atoms with E-state index in [0.717, 1.165) is 35.1 Å². The second-order valence-electron chi connectivity index (χ2n) is 10.4. The maximum absolute atomic E-state index is 13.5. The standard InChI is InChI=1S/C27H32N2O5/c1-26(2,3)29(15-23(30)31)24(32)27(4,17-13-14-17)28-25(33)34-16-22-20-11-7-5-9-18(20)19-10-6-8-12-21(19)22/h5-12,17,22H,13-16H2,1-4H3,(H,28,33)(H,30,31). The highest BCUT2D eigenvalue weighted by Crippen LogP contribution is 2.45. The molecule has 0 aliphatic heterocycles. The van der Waals surface area contributed by atoms with Crippen molar-refractivity contribution in [1.29, 1.82) is 0 Å². The number of benzene rings is 2. The molecule has 7 heteroatoms. The maximum atomic E-state index is 13.5. The second kappa shape index (κ2) is 8.78. The second-order valence-corrected chi connectivity index (χ2v) is 10.4. The van der Waals surface area contributed by atoms with Crippen LogP contribution in [0.25, 0.3) is 11.1 Å². The summed E-state index contributed by atoms with van der Waals surface area (Å²) in [4.78, 5) is 39.3. The van der Waals surface area contributed by atoms with E-state index in [9.17, 15) is 19.5 Å². The van der Waals surface area contributed by atoms with Gasteiger partial charge in [-0.2, -0.15) is 0 Å². The summed E-state index contributed by atoms with van der Waals surface area (Å²) < 4.78 is 5.67. The van der Waals surface area contributed by atoms with Gasteiger partial charge in [-0.25, -0.2) is 4.79 Å². The number of nitrogens with zero attached hydrogens (tertiary/aromatic N) is 1. The fourth-order valence-electron chi connectivity index (χ4n) is 4.87. The van der Waals surface area contributed by atoms with Crippen molar-refractivity contribution in [2.45, 2.75) is 57.5 Å². The quantitative estimate of drug-likeness (QED) is 0.633. The molecule has 2 aromatic rings. The molecular formula is C27H32N2O5. The summed E-state index contributed by atoms with van der Waals surface area (Å²) in [6.07, 6.45) is 0.905. The van der Waals surface area contributed by atoms with Crippen LogP contribution in [0.4, 0.5) is 4.79 Å². The molecule has 0 heterocycles. The van der Waals surface area contributed by atoms with E-state index in [2.05, 4.69) is 17.4 Å². The van der Waals surface area contributed by atoms with Crippen LogP contribution < -0.4 is 5.32 Å². The van der Waals surface area contributed by atoms with Crippen LogP contribution in [0.3, 0.4) is 0 Å². The number of aliphatic carboxylic acids is 1. The molecule has 2 N–H and O–H groups in total. The van der Waals surface area contributed by atoms with E-state index in [1.807, 2.05) is 36.4 Å². The Balaban J connectivity index is 1.50. The Morgan fingerprint density at radius 3 is 1.97 bits per heavy atom. The van der Waals surface area contributed by atoms with Gasteiger partial charge in [0.05, 0.1) is 0 Å². The van der Waals surface area contributed by atoms with Crippen molar-refractivity contribution in [1.82, 2.24) is 10.2 Å². The van der Waals surface area contributed by atoms with Crippen molar-refractivity contribution in [2.75, 3.05) is 13.2 Å². The zero-order valence-electron chi connectivity index (χ0n) is 20.1. The molecule has 1 unspecified atom stereocenters. The first-order valence-electron chi connectivity index (χ1n) is 11.7. The smallest absolute Gasteiger partial charge is 0.408 e. The maximum Gasteiger partial charge on any atom is 0.408 e. The van der Waals surface area contributed by atoms with Crippen molar-refractivity contribution < 1.29 is 24.2 Å². The summed E-state index contributed by atoms with van der Waals surface area (Å²) in [7, 11) is 0. The largest absolute Gasteiger partial charge is 0.480 e. The number of carbonyl (C=O) groups is 3. The lowest BCUT2D eigenvalue weighted by Gasteiger charge is -2.41. The Kier molecular flexibility index (Phi) is 6.14. The highest BCUT2D eigenvalue weighted by Gasteiger charge is 2.52. The molecule has 180 valence electrons. The van der Waals surface area contributed by atoms with Gasteiger partial charge >= 0.3 is 12.1 Å². The van der Waals surface area contributed by atoms with Gasteiger partial charge in [0.2, 0.25) is 5.91 Å². The monoisotopic (exact) mass is 464 g/mol. The van der Waals surface area contributed by atoms with Crippen molar-refractivity contribution in [3.05, 3.63) is 59.7 Å². The zero-order valence-corrected chi connectivity index (χ0v) is 20.1. The number of hydrogen-bond acceptors (Lipinski definition) is 4. The summed E-state index contributed by atoms with van der Waals surface area (Å²) in [5, 5.41) is 12.2. The van der Waals surface area contributed by atoms with Gasteiger partial charge in [0.1, 0.15) is 18.7 Å². The molecule has 1 fully saturated rings. The Bertz CT molecular complexity index is 1070. The van der Waals surface area contributed by atoms with Crippen LogP contribution in [0.5, 0.6) is 0 Å². The summed E-state index contributed by atoms with van der Waals surface area (Å²) in [5.41, 5.74) is 2.55. The molecule has 4 rings (SSSR count). The van der Waals surface area contributed by atoms with Crippen LogP contribution in [0.2, 0.25) is 0 Å². The third-order valence-corrected chi connectivity index (χ3v) is 6.89. The number of alkyl carbamates (subject to hydrolysis) is 1. The summed E-state index contributed by atoms with van der Waals surface area (Å²) in [6.45, 7) is 6.75. The average molecular weight is 465 g/mol. The zero-order chi connectivity index (χ0) is 24.7. The Labute approximate surface area is 200 Å². The summed E-state index contributed by atoms with van der Waals surface area (Å²) in [5.74, 6) is -1.64. The molecule has 34 heavy (non-hydrogen) atoms. The molecule has 2 aliphatic carbocycles. The van der Waals surface area contributed by atoms with Gasteiger partial charge in [0.15, 0.2) is 0 Å². The predicted molar refractivity (Wildman–Crippen MR) is 128 cm³/mol. The first-order valence-corrected chi connectivity index (χ1v) is 11.7. The SMILES string of the molecule is CC(NC(=O)OCC1c2ccccc2-c2ccccc21)(C(=O)N(CC(=O)O)C(C)(C)C)C1CC1. The fraction of sp³-hybridized carbons (Fsp3) is 0.444. The lowest BCUT2D eigenvalue weighted by atomic mass is 9.91. The Hall–Kier alpha value is -3.35. The van der Waals surface area contributed by atoms with E-state index in [4.69, 9.17) is 4.74 Å². The van der Waals surface area contributed by atoms with Crippen molar-refractivity contribution >= 4 is 18.0 Å².